The molecule has 0 bridgehead atoms. The molecule has 0 aliphatic carbocycles. The van der Waals surface area contributed by atoms with Gasteiger partial charge in [-0.2, -0.15) is 0 Å². The molecular weight excluding hydrogens is 334 g/mol. The zero-order chi connectivity index (χ0) is 15.6. The van der Waals surface area contributed by atoms with E-state index in [2.05, 4.69) is 0 Å². The minimum absolute atomic E-state index is 0.0837. The number of benzene rings is 1. The summed E-state index contributed by atoms with van der Waals surface area (Å²) in [5, 5.41) is 11.0. The van der Waals surface area contributed by atoms with Crippen molar-refractivity contribution in [3.63, 3.8) is 0 Å². The first kappa shape index (κ1) is 15.8. The van der Waals surface area contributed by atoms with Gasteiger partial charge in [0.2, 0.25) is 0 Å². The molecule has 0 unspecified atom stereocenters. The lowest BCUT2D eigenvalue weighted by atomic mass is 10.2. The smallest absolute Gasteiger partial charge is 0.324 e. The van der Waals surface area contributed by atoms with E-state index in [1.165, 1.54) is 18.2 Å². The van der Waals surface area contributed by atoms with E-state index >= 15 is 0 Å². The summed E-state index contributed by atoms with van der Waals surface area (Å²) in [5.74, 6) is -1.24. The molecule has 21 heavy (non-hydrogen) atoms. The third kappa shape index (κ3) is 3.37. The second-order valence-electron chi connectivity index (χ2n) is 4.27. The number of anilines is 1. The first-order valence-electron chi connectivity index (χ1n) is 5.86. The fourth-order valence-electron chi connectivity index (χ4n) is 1.69. The zero-order valence-electron chi connectivity index (χ0n) is 11.0. The average molecular weight is 346 g/mol. The first-order chi connectivity index (χ1) is 9.82. The molecule has 1 aromatic carbocycles. The Morgan fingerprint density at radius 1 is 1.38 bits per heavy atom. The highest BCUT2D eigenvalue weighted by atomic mass is 35.5. The summed E-state index contributed by atoms with van der Waals surface area (Å²) in [7, 11) is -3.92. The normalized spacial score (nSPS) is 11.3. The van der Waals surface area contributed by atoms with Gasteiger partial charge in [0.1, 0.15) is 10.8 Å². The van der Waals surface area contributed by atoms with E-state index in [-0.39, 0.29) is 9.90 Å². The highest BCUT2D eigenvalue weighted by Crippen LogP contribution is 2.29. The van der Waals surface area contributed by atoms with Gasteiger partial charge in [-0.15, -0.1) is 11.3 Å². The lowest BCUT2D eigenvalue weighted by Crippen LogP contribution is -2.35. The maximum Gasteiger partial charge on any atom is 0.324 e. The van der Waals surface area contributed by atoms with E-state index < -0.39 is 22.5 Å². The second-order valence-corrected chi connectivity index (χ2v) is 7.72. The van der Waals surface area contributed by atoms with Crippen molar-refractivity contribution in [3.05, 3.63) is 46.3 Å². The Morgan fingerprint density at radius 2 is 2.10 bits per heavy atom. The molecule has 0 saturated heterocycles. The number of halogens is 1. The van der Waals surface area contributed by atoms with Crippen LogP contribution in [0.4, 0.5) is 5.69 Å². The molecule has 0 aliphatic heterocycles. The molecular formula is C13H12ClNO4S2. The molecule has 2 aromatic rings. The predicted octanol–water partition coefficient (Wildman–Crippen LogP) is 2.99. The van der Waals surface area contributed by atoms with Gasteiger partial charge < -0.3 is 5.11 Å². The fourth-order valence-corrected chi connectivity index (χ4v) is 4.38. The minimum atomic E-state index is -3.92. The standard InChI is InChI=1S/C13H12ClNO4S2/c1-9-4-5-10(7-11(9)14)15(8-12(16)17)21(18,19)13-3-2-6-20-13/h2-7H,8H2,1H3,(H,16,17). The number of sulfonamides is 1. The fraction of sp³-hybridized carbons (Fsp3) is 0.154. The van der Waals surface area contributed by atoms with Crippen LogP contribution in [0.3, 0.4) is 0 Å². The molecule has 112 valence electrons. The van der Waals surface area contributed by atoms with Gasteiger partial charge >= 0.3 is 5.97 Å². The summed E-state index contributed by atoms with van der Waals surface area (Å²) in [6.45, 7) is 1.11. The zero-order valence-corrected chi connectivity index (χ0v) is 13.4. The van der Waals surface area contributed by atoms with Gasteiger partial charge in [0, 0.05) is 5.02 Å². The highest BCUT2D eigenvalue weighted by molar-refractivity contribution is 7.94. The van der Waals surface area contributed by atoms with Crippen molar-refractivity contribution in [3.8, 4) is 0 Å². The SMILES string of the molecule is Cc1ccc(N(CC(=O)O)S(=O)(=O)c2cccs2)cc1Cl. The Kier molecular flexibility index (Phi) is 4.55. The Balaban J connectivity index is 2.53. The van der Waals surface area contributed by atoms with Crippen molar-refractivity contribution < 1.29 is 18.3 Å². The molecule has 0 spiro atoms. The third-order valence-electron chi connectivity index (χ3n) is 2.76. The van der Waals surface area contributed by atoms with E-state index in [0.29, 0.717) is 5.02 Å². The highest BCUT2D eigenvalue weighted by Gasteiger charge is 2.28. The van der Waals surface area contributed by atoms with Crippen LogP contribution in [0.1, 0.15) is 5.56 Å². The average Bonchev–Trinajstić information content (AvgIpc) is 2.93. The number of hydrogen-bond acceptors (Lipinski definition) is 4. The van der Waals surface area contributed by atoms with Gasteiger partial charge in [0.15, 0.2) is 0 Å². The molecule has 0 fully saturated rings. The van der Waals surface area contributed by atoms with Gasteiger partial charge in [-0.05, 0) is 36.1 Å². The summed E-state index contributed by atoms with van der Waals surface area (Å²) in [6.07, 6.45) is 0. The van der Waals surface area contributed by atoms with Crippen LogP contribution in [0.25, 0.3) is 0 Å². The number of aryl methyl sites for hydroxylation is 1. The summed E-state index contributed by atoms with van der Waals surface area (Å²) >= 11 is 7.03. The molecule has 1 heterocycles. The molecule has 0 atom stereocenters. The first-order valence-corrected chi connectivity index (χ1v) is 8.56. The van der Waals surface area contributed by atoms with Gasteiger partial charge in [0.05, 0.1) is 5.69 Å². The molecule has 5 nitrogen and oxygen atoms in total. The molecule has 2 rings (SSSR count). The molecule has 0 aliphatic rings. The number of carbonyl (C=O) groups is 1. The quantitative estimate of drug-likeness (QED) is 0.904. The molecule has 1 aromatic heterocycles. The number of carboxylic acid groups (broad SMARTS) is 1. The summed E-state index contributed by atoms with van der Waals surface area (Å²) in [4.78, 5) is 11.0. The maximum atomic E-state index is 12.6. The predicted molar refractivity (Wildman–Crippen MR) is 82.7 cm³/mol. The molecule has 0 amide bonds. The van der Waals surface area contributed by atoms with Gasteiger partial charge in [-0.25, -0.2) is 8.42 Å². The maximum absolute atomic E-state index is 12.6. The molecule has 8 heteroatoms. The molecule has 0 radical (unpaired) electrons. The number of carboxylic acids is 1. The van der Waals surface area contributed by atoms with E-state index in [1.807, 2.05) is 0 Å². The van der Waals surface area contributed by atoms with Crippen molar-refractivity contribution in [1.82, 2.24) is 0 Å². The minimum Gasteiger partial charge on any atom is -0.480 e. The lowest BCUT2D eigenvalue weighted by molar-refractivity contribution is -0.135. The molecule has 0 saturated carbocycles. The van der Waals surface area contributed by atoms with Crippen molar-refractivity contribution in [2.24, 2.45) is 0 Å². The van der Waals surface area contributed by atoms with Crippen molar-refractivity contribution in [2.75, 3.05) is 10.8 Å². The lowest BCUT2D eigenvalue weighted by Gasteiger charge is -2.22. The Hall–Kier alpha value is -1.57. The second kappa shape index (κ2) is 6.05. The largest absolute Gasteiger partial charge is 0.480 e. The van der Waals surface area contributed by atoms with Crippen LogP contribution in [0.5, 0.6) is 0 Å². The molecule has 1 N–H and O–H groups in total. The number of nitrogens with zero attached hydrogens (tertiary/aromatic N) is 1. The van der Waals surface area contributed by atoms with Crippen LogP contribution in [-0.4, -0.2) is 26.0 Å². The van der Waals surface area contributed by atoms with Crippen LogP contribution >= 0.6 is 22.9 Å². The van der Waals surface area contributed by atoms with Crippen molar-refractivity contribution in [1.29, 1.82) is 0 Å². The van der Waals surface area contributed by atoms with E-state index in [4.69, 9.17) is 16.7 Å². The van der Waals surface area contributed by atoms with E-state index in [9.17, 15) is 13.2 Å². The van der Waals surface area contributed by atoms with Crippen LogP contribution < -0.4 is 4.31 Å². The number of hydrogen-bond donors (Lipinski definition) is 1. The third-order valence-corrected chi connectivity index (χ3v) is 6.32. The Bertz CT molecular complexity index is 756. The van der Waals surface area contributed by atoms with Crippen molar-refractivity contribution >= 4 is 44.6 Å². The van der Waals surface area contributed by atoms with Gasteiger partial charge in [0.25, 0.3) is 10.0 Å². The topological polar surface area (TPSA) is 74.7 Å². The summed E-state index contributed by atoms with van der Waals surface area (Å²) < 4.78 is 26.0. The van der Waals surface area contributed by atoms with Crippen LogP contribution in [0, 0.1) is 6.92 Å². The number of rotatable bonds is 5. The van der Waals surface area contributed by atoms with Gasteiger partial charge in [-0.3, -0.25) is 9.10 Å². The van der Waals surface area contributed by atoms with Crippen molar-refractivity contribution in [2.45, 2.75) is 11.1 Å². The number of thiophene rings is 1. The van der Waals surface area contributed by atoms with Crippen LogP contribution in [0.2, 0.25) is 5.02 Å². The van der Waals surface area contributed by atoms with Crippen LogP contribution in [-0.2, 0) is 14.8 Å². The Labute approximate surface area is 131 Å². The monoisotopic (exact) mass is 345 g/mol. The van der Waals surface area contributed by atoms with E-state index in [1.54, 1.807) is 24.4 Å². The Morgan fingerprint density at radius 3 is 2.62 bits per heavy atom. The summed E-state index contributed by atoms with van der Waals surface area (Å²) in [5.41, 5.74) is 1.01. The van der Waals surface area contributed by atoms with E-state index in [0.717, 1.165) is 21.2 Å². The summed E-state index contributed by atoms with van der Waals surface area (Å²) in [6, 6.07) is 7.67. The van der Waals surface area contributed by atoms with Gasteiger partial charge in [-0.1, -0.05) is 23.7 Å². The van der Waals surface area contributed by atoms with Crippen LogP contribution in [0.15, 0.2) is 39.9 Å². The number of aliphatic carboxylic acids is 1.